The lowest BCUT2D eigenvalue weighted by atomic mass is 10.3. The van der Waals surface area contributed by atoms with Gasteiger partial charge in [-0.25, -0.2) is 0 Å². The van der Waals surface area contributed by atoms with Crippen molar-refractivity contribution in [2.75, 3.05) is 0 Å². The van der Waals surface area contributed by atoms with Crippen LogP contribution >= 0.6 is 54.8 Å². The van der Waals surface area contributed by atoms with Crippen LogP contribution in [0.5, 0.6) is 0 Å². The molecule has 0 aliphatic carbocycles. The molecule has 0 unspecified atom stereocenters. The fraction of sp³-hybridized carbons (Fsp3) is 0. The summed E-state index contributed by atoms with van der Waals surface area (Å²) in [6, 6.07) is 6.06. The number of rotatable bonds is 0. The van der Waals surface area contributed by atoms with Crippen molar-refractivity contribution in [2.24, 2.45) is 0 Å². The first-order valence-electron chi connectivity index (χ1n) is 3.21. The SMILES string of the molecule is Clc1cc2c(Br)cc(Br)cc2s1. The highest BCUT2D eigenvalue weighted by molar-refractivity contribution is 9.11. The van der Waals surface area contributed by atoms with Gasteiger partial charge in [-0.3, -0.25) is 0 Å². The van der Waals surface area contributed by atoms with Gasteiger partial charge in [-0.05, 0) is 18.2 Å². The molecular formula is C8H3Br2ClS. The van der Waals surface area contributed by atoms with Gasteiger partial charge in [-0.15, -0.1) is 11.3 Å². The Morgan fingerprint density at radius 2 is 1.92 bits per heavy atom. The van der Waals surface area contributed by atoms with E-state index in [1.54, 1.807) is 11.3 Å². The first-order chi connectivity index (χ1) is 5.66. The average Bonchev–Trinajstić information content (AvgIpc) is 2.29. The van der Waals surface area contributed by atoms with Crippen molar-refractivity contribution in [1.29, 1.82) is 0 Å². The van der Waals surface area contributed by atoms with E-state index in [1.165, 1.54) is 10.1 Å². The molecule has 0 spiro atoms. The highest BCUT2D eigenvalue weighted by atomic mass is 79.9. The molecule has 0 aliphatic rings. The standard InChI is InChI=1S/C8H3Br2ClS/c9-4-1-6(10)5-3-8(11)12-7(5)2-4/h1-3H. The van der Waals surface area contributed by atoms with Crippen molar-refractivity contribution >= 4 is 64.9 Å². The molecule has 2 aromatic rings. The lowest BCUT2D eigenvalue weighted by Crippen LogP contribution is -1.67. The molecule has 0 amide bonds. The Morgan fingerprint density at radius 3 is 2.67 bits per heavy atom. The quantitative estimate of drug-likeness (QED) is 0.633. The number of halogens is 3. The summed E-state index contributed by atoms with van der Waals surface area (Å²) in [6.07, 6.45) is 0. The maximum absolute atomic E-state index is 5.89. The molecule has 0 fully saturated rings. The normalized spacial score (nSPS) is 10.9. The molecule has 0 N–H and O–H groups in total. The Kier molecular flexibility index (Phi) is 2.47. The van der Waals surface area contributed by atoms with Crippen LogP contribution in [0.25, 0.3) is 10.1 Å². The van der Waals surface area contributed by atoms with Crippen LogP contribution in [0.4, 0.5) is 0 Å². The molecule has 0 saturated heterocycles. The fourth-order valence-corrected chi connectivity index (χ4v) is 3.87. The average molecular weight is 326 g/mol. The third-order valence-electron chi connectivity index (χ3n) is 1.52. The van der Waals surface area contributed by atoms with E-state index >= 15 is 0 Å². The van der Waals surface area contributed by atoms with Crippen molar-refractivity contribution in [2.45, 2.75) is 0 Å². The van der Waals surface area contributed by atoms with E-state index in [0.29, 0.717) is 0 Å². The van der Waals surface area contributed by atoms with Gasteiger partial charge in [0.15, 0.2) is 0 Å². The molecule has 12 heavy (non-hydrogen) atoms. The summed E-state index contributed by atoms with van der Waals surface area (Å²) in [5.41, 5.74) is 0. The van der Waals surface area contributed by atoms with Crippen LogP contribution in [0.15, 0.2) is 27.1 Å². The topological polar surface area (TPSA) is 0 Å². The molecular weight excluding hydrogens is 323 g/mol. The first kappa shape index (κ1) is 9.00. The molecule has 1 aromatic heterocycles. The Labute approximate surface area is 95.8 Å². The Hall–Kier alpha value is 0.430. The molecule has 1 aromatic carbocycles. The van der Waals surface area contributed by atoms with Gasteiger partial charge >= 0.3 is 0 Å². The molecule has 0 radical (unpaired) electrons. The number of benzene rings is 1. The van der Waals surface area contributed by atoms with Gasteiger partial charge < -0.3 is 0 Å². The van der Waals surface area contributed by atoms with Crippen LogP contribution < -0.4 is 0 Å². The molecule has 0 aliphatic heterocycles. The number of thiophene rings is 1. The Balaban J connectivity index is 2.88. The minimum absolute atomic E-state index is 0.823. The van der Waals surface area contributed by atoms with Gasteiger partial charge in [0, 0.05) is 19.0 Å². The van der Waals surface area contributed by atoms with Crippen LogP contribution in [-0.2, 0) is 0 Å². The molecule has 4 heteroatoms. The fourth-order valence-electron chi connectivity index (χ4n) is 1.03. The lowest BCUT2D eigenvalue weighted by molar-refractivity contribution is 1.72. The monoisotopic (exact) mass is 324 g/mol. The number of fused-ring (bicyclic) bond motifs is 1. The van der Waals surface area contributed by atoms with E-state index in [9.17, 15) is 0 Å². The largest absolute Gasteiger partial charge is 0.123 e. The van der Waals surface area contributed by atoms with Crippen LogP contribution in [0.2, 0.25) is 4.34 Å². The zero-order valence-corrected chi connectivity index (χ0v) is 10.5. The summed E-state index contributed by atoms with van der Waals surface area (Å²) < 4.78 is 4.17. The summed E-state index contributed by atoms with van der Waals surface area (Å²) in [4.78, 5) is 0. The van der Waals surface area contributed by atoms with E-state index < -0.39 is 0 Å². The molecule has 0 bridgehead atoms. The predicted molar refractivity (Wildman–Crippen MR) is 62.2 cm³/mol. The van der Waals surface area contributed by atoms with E-state index in [1.807, 2.05) is 12.1 Å². The molecule has 0 atom stereocenters. The number of hydrogen-bond donors (Lipinski definition) is 0. The van der Waals surface area contributed by atoms with Crippen LogP contribution in [-0.4, -0.2) is 0 Å². The van der Waals surface area contributed by atoms with Crippen molar-refractivity contribution in [3.63, 3.8) is 0 Å². The van der Waals surface area contributed by atoms with E-state index in [-0.39, 0.29) is 0 Å². The van der Waals surface area contributed by atoms with E-state index in [2.05, 4.69) is 37.9 Å². The van der Waals surface area contributed by atoms with Gasteiger partial charge in [0.2, 0.25) is 0 Å². The second-order valence-electron chi connectivity index (χ2n) is 2.35. The third kappa shape index (κ3) is 1.55. The maximum Gasteiger partial charge on any atom is 0.0941 e. The van der Waals surface area contributed by atoms with Crippen LogP contribution in [0.1, 0.15) is 0 Å². The Bertz CT molecular complexity index is 436. The Morgan fingerprint density at radius 1 is 1.17 bits per heavy atom. The lowest BCUT2D eigenvalue weighted by Gasteiger charge is -1.94. The van der Waals surface area contributed by atoms with Crippen LogP contribution in [0.3, 0.4) is 0 Å². The second-order valence-corrected chi connectivity index (χ2v) is 5.84. The molecule has 1 heterocycles. The zero-order chi connectivity index (χ0) is 8.72. The minimum Gasteiger partial charge on any atom is -0.123 e. The minimum atomic E-state index is 0.823. The molecule has 62 valence electrons. The van der Waals surface area contributed by atoms with Crippen molar-refractivity contribution in [1.82, 2.24) is 0 Å². The van der Waals surface area contributed by atoms with E-state index in [0.717, 1.165) is 13.3 Å². The third-order valence-corrected chi connectivity index (χ3v) is 3.85. The maximum atomic E-state index is 5.89. The summed E-state index contributed by atoms with van der Waals surface area (Å²) in [5, 5.41) is 1.17. The molecule has 2 rings (SSSR count). The summed E-state index contributed by atoms with van der Waals surface area (Å²) in [6.45, 7) is 0. The highest BCUT2D eigenvalue weighted by Crippen LogP contribution is 2.36. The van der Waals surface area contributed by atoms with Gasteiger partial charge in [0.05, 0.1) is 4.34 Å². The van der Waals surface area contributed by atoms with Crippen molar-refractivity contribution in [3.8, 4) is 0 Å². The smallest absolute Gasteiger partial charge is 0.0941 e. The van der Waals surface area contributed by atoms with Crippen molar-refractivity contribution < 1.29 is 0 Å². The second kappa shape index (κ2) is 3.29. The predicted octanol–water partition coefficient (Wildman–Crippen LogP) is 5.08. The van der Waals surface area contributed by atoms with Crippen LogP contribution in [0, 0.1) is 0 Å². The first-order valence-corrected chi connectivity index (χ1v) is 5.99. The summed E-state index contributed by atoms with van der Waals surface area (Å²) in [7, 11) is 0. The van der Waals surface area contributed by atoms with Gasteiger partial charge in [0.1, 0.15) is 0 Å². The van der Waals surface area contributed by atoms with Crippen molar-refractivity contribution in [3.05, 3.63) is 31.5 Å². The van der Waals surface area contributed by atoms with E-state index in [4.69, 9.17) is 11.6 Å². The zero-order valence-electron chi connectivity index (χ0n) is 5.77. The molecule has 0 saturated carbocycles. The van der Waals surface area contributed by atoms with Gasteiger partial charge in [-0.2, -0.15) is 0 Å². The number of hydrogen-bond acceptors (Lipinski definition) is 1. The summed E-state index contributed by atoms with van der Waals surface area (Å²) >= 11 is 14.4. The van der Waals surface area contributed by atoms with Gasteiger partial charge in [-0.1, -0.05) is 43.5 Å². The van der Waals surface area contributed by atoms with Gasteiger partial charge in [0.25, 0.3) is 0 Å². The summed E-state index contributed by atoms with van der Waals surface area (Å²) in [5.74, 6) is 0. The highest BCUT2D eigenvalue weighted by Gasteiger charge is 2.04. The molecule has 0 nitrogen and oxygen atoms in total.